The average molecular weight is 626 g/mol. The van der Waals surface area contributed by atoms with Crippen LogP contribution in [0.25, 0.3) is 33.4 Å². The Labute approximate surface area is 278 Å². The van der Waals surface area contributed by atoms with Gasteiger partial charge in [0.05, 0.1) is 7.11 Å². The van der Waals surface area contributed by atoms with E-state index in [0.717, 1.165) is 33.6 Å². The van der Waals surface area contributed by atoms with E-state index in [1.165, 1.54) is 39.4 Å². The maximum Gasteiger partial charge on any atom is 0.123 e. The molecule has 240 valence electrons. The van der Waals surface area contributed by atoms with Crippen molar-refractivity contribution in [2.45, 2.75) is 33.5 Å². The van der Waals surface area contributed by atoms with Gasteiger partial charge in [0.2, 0.25) is 0 Å². The van der Waals surface area contributed by atoms with Gasteiger partial charge in [0.15, 0.2) is 0 Å². The Morgan fingerprint density at radius 3 is 1.36 bits per heavy atom. The lowest BCUT2D eigenvalue weighted by atomic mass is 9.96. The first-order chi connectivity index (χ1) is 22.9. The van der Waals surface area contributed by atoms with Crippen LogP contribution in [0.5, 0.6) is 5.75 Å². The Bertz CT molecular complexity index is 1850. The number of hydrogen-bond donors (Lipinski definition) is 3. The SMILES string of the molecule is COc1ccc(-c2ccccc2CN)cc1.Cc1cc(F)ccc1-c1ccccc1CN.Cc1ccc(-c2ccccc2CN)cc1. The summed E-state index contributed by atoms with van der Waals surface area (Å²) in [5, 5.41) is 0. The van der Waals surface area contributed by atoms with E-state index in [0.29, 0.717) is 19.6 Å². The molecule has 0 saturated carbocycles. The lowest BCUT2D eigenvalue weighted by Gasteiger charge is -2.10. The van der Waals surface area contributed by atoms with Gasteiger partial charge in [-0.3, -0.25) is 0 Å². The molecule has 0 fully saturated rings. The topological polar surface area (TPSA) is 87.3 Å². The van der Waals surface area contributed by atoms with Crippen LogP contribution in [0.3, 0.4) is 0 Å². The van der Waals surface area contributed by atoms with Crippen molar-refractivity contribution >= 4 is 0 Å². The molecule has 0 bridgehead atoms. The number of halogens is 1. The zero-order chi connectivity index (χ0) is 33.6. The molecule has 6 aromatic carbocycles. The number of aryl methyl sites for hydroxylation is 2. The lowest BCUT2D eigenvalue weighted by molar-refractivity contribution is 0.415. The van der Waals surface area contributed by atoms with Crippen LogP contribution >= 0.6 is 0 Å². The van der Waals surface area contributed by atoms with Crippen molar-refractivity contribution in [3.8, 4) is 39.1 Å². The summed E-state index contributed by atoms with van der Waals surface area (Å²) in [5.41, 5.74) is 29.7. The minimum Gasteiger partial charge on any atom is -0.497 e. The fraction of sp³-hybridized carbons (Fsp3) is 0.143. The van der Waals surface area contributed by atoms with E-state index < -0.39 is 0 Å². The Morgan fingerprint density at radius 1 is 0.489 bits per heavy atom. The second-order valence-electron chi connectivity index (χ2n) is 11.1. The number of ether oxygens (including phenoxy) is 1. The third-order valence-electron chi connectivity index (χ3n) is 7.95. The molecular formula is C42H44FN3O. The molecule has 0 aliphatic rings. The van der Waals surface area contributed by atoms with E-state index in [-0.39, 0.29) is 5.82 Å². The van der Waals surface area contributed by atoms with Gasteiger partial charge in [0, 0.05) is 19.6 Å². The molecular weight excluding hydrogens is 581 g/mol. The van der Waals surface area contributed by atoms with Crippen LogP contribution in [0.1, 0.15) is 27.8 Å². The predicted molar refractivity (Wildman–Crippen MR) is 195 cm³/mol. The maximum atomic E-state index is 13.0. The van der Waals surface area contributed by atoms with Gasteiger partial charge in [-0.15, -0.1) is 0 Å². The number of nitrogens with two attached hydrogens (primary N) is 3. The van der Waals surface area contributed by atoms with Gasteiger partial charge < -0.3 is 21.9 Å². The molecule has 0 saturated heterocycles. The molecule has 6 aromatic rings. The molecule has 6 N–H and O–H groups in total. The van der Waals surface area contributed by atoms with Crippen LogP contribution in [0.15, 0.2) is 140 Å². The highest BCUT2D eigenvalue weighted by molar-refractivity contribution is 5.71. The zero-order valence-corrected chi connectivity index (χ0v) is 27.4. The zero-order valence-electron chi connectivity index (χ0n) is 27.4. The summed E-state index contributed by atoms with van der Waals surface area (Å²) in [5.74, 6) is 0.667. The van der Waals surface area contributed by atoms with Crippen molar-refractivity contribution in [1.29, 1.82) is 0 Å². The maximum absolute atomic E-state index is 13.0. The molecule has 0 radical (unpaired) electrons. The third-order valence-corrected chi connectivity index (χ3v) is 7.95. The van der Waals surface area contributed by atoms with Crippen molar-refractivity contribution < 1.29 is 9.13 Å². The van der Waals surface area contributed by atoms with E-state index in [2.05, 4.69) is 55.5 Å². The Hall–Kier alpha value is -5.07. The first-order valence-electron chi connectivity index (χ1n) is 15.7. The summed E-state index contributed by atoms with van der Waals surface area (Å²) in [6, 6.07) is 45.8. The van der Waals surface area contributed by atoms with Gasteiger partial charge in [-0.1, -0.05) is 121 Å². The number of rotatable bonds is 7. The smallest absolute Gasteiger partial charge is 0.123 e. The van der Waals surface area contributed by atoms with Crippen molar-refractivity contribution in [1.82, 2.24) is 0 Å². The second kappa shape index (κ2) is 17.6. The molecule has 6 rings (SSSR count). The molecule has 47 heavy (non-hydrogen) atoms. The van der Waals surface area contributed by atoms with Crippen LogP contribution < -0.4 is 21.9 Å². The molecule has 0 atom stereocenters. The molecule has 0 unspecified atom stereocenters. The van der Waals surface area contributed by atoms with Gasteiger partial charge in [0.25, 0.3) is 0 Å². The Kier molecular flexibility index (Phi) is 13.0. The Morgan fingerprint density at radius 2 is 0.915 bits per heavy atom. The summed E-state index contributed by atoms with van der Waals surface area (Å²) in [4.78, 5) is 0. The van der Waals surface area contributed by atoms with Gasteiger partial charge in [-0.2, -0.15) is 0 Å². The highest BCUT2D eigenvalue weighted by Gasteiger charge is 2.07. The van der Waals surface area contributed by atoms with Crippen LogP contribution in [-0.4, -0.2) is 7.11 Å². The van der Waals surface area contributed by atoms with Crippen molar-refractivity contribution in [2.24, 2.45) is 17.2 Å². The summed E-state index contributed by atoms with van der Waals surface area (Å²) in [6.45, 7) is 5.64. The van der Waals surface area contributed by atoms with Gasteiger partial charge in [-0.05, 0) is 93.7 Å². The third kappa shape index (κ3) is 9.47. The molecule has 0 aliphatic heterocycles. The summed E-state index contributed by atoms with van der Waals surface area (Å²) < 4.78 is 18.2. The molecule has 4 nitrogen and oxygen atoms in total. The van der Waals surface area contributed by atoms with Gasteiger partial charge in [0.1, 0.15) is 11.6 Å². The van der Waals surface area contributed by atoms with E-state index >= 15 is 0 Å². The number of benzene rings is 6. The molecule has 0 aromatic heterocycles. The molecule has 0 amide bonds. The highest BCUT2D eigenvalue weighted by atomic mass is 19.1. The first kappa shape index (κ1) is 34.8. The predicted octanol–water partition coefficient (Wildman–Crippen LogP) is 9.20. The van der Waals surface area contributed by atoms with E-state index in [1.54, 1.807) is 19.2 Å². The van der Waals surface area contributed by atoms with Crippen molar-refractivity contribution in [2.75, 3.05) is 7.11 Å². The standard InChI is InChI=1S/C14H14FN.C14H15NO.C14H15N/c1-10-8-12(15)6-7-13(10)14-5-3-2-4-11(14)9-16;1-16-13-8-6-11(7-9-13)14-5-3-2-4-12(14)10-15;1-11-6-8-12(9-7-11)14-5-3-2-4-13(14)10-15/h2-8H,9,16H2,1H3;2-9H,10,15H2,1H3;2-9H,10,15H2,1H3. The first-order valence-corrected chi connectivity index (χ1v) is 15.7. The van der Waals surface area contributed by atoms with E-state index in [4.69, 9.17) is 21.9 Å². The lowest BCUT2D eigenvalue weighted by Crippen LogP contribution is -1.99. The van der Waals surface area contributed by atoms with E-state index in [9.17, 15) is 4.39 Å². The minimum atomic E-state index is -0.202. The van der Waals surface area contributed by atoms with Crippen LogP contribution in [-0.2, 0) is 19.6 Å². The minimum absolute atomic E-state index is 0.202. The normalized spacial score (nSPS) is 10.3. The second-order valence-corrected chi connectivity index (χ2v) is 11.1. The number of methoxy groups -OCH3 is 1. The van der Waals surface area contributed by atoms with E-state index in [1.807, 2.05) is 79.7 Å². The Balaban J connectivity index is 0.000000160. The highest BCUT2D eigenvalue weighted by Crippen LogP contribution is 2.28. The van der Waals surface area contributed by atoms with Crippen molar-refractivity contribution in [3.63, 3.8) is 0 Å². The average Bonchev–Trinajstić information content (AvgIpc) is 3.12. The van der Waals surface area contributed by atoms with Gasteiger partial charge in [-0.25, -0.2) is 4.39 Å². The van der Waals surface area contributed by atoms with Crippen LogP contribution in [0.2, 0.25) is 0 Å². The molecule has 5 heteroatoms. The largest absolute Gasteiger partial charge is 0.497 e. The molecule has 0 heterocycles. The monoisotopic (exact) mass is 625 g/mol. The fourth-order valence-electron chi connectivity index (χ4n) is 5.35. The number of hydrogen-bond acceptors (Lipinski definition) is 4. The summed E-state index contributed by atoms with van der Waals surface area (Å²) in [7, 11) is 1.67. The quantitative estimate of drug-likeness (QED) is 0.165. The molecule has 0 spiro atoms. The summed E-state index contributed by atoms with van der Waals surface area (Å²) in [6.07, 6.45) is 0. The van der Waals surface area contributed by atoms with Crippen LogP contribution in [0, 0.1) is 19.7 Å². The van der Waals surface area contributed by atoms with Crippen molar-refractivity contribution in [3.05, 3.63) is 173 Å². The fourth-order valence-corrected chi connectivity index (χ4v) is 5.35. The van der Waals surface area contributed by atoms with Gasteiger partial charge >= 0.3 is 0 Å². The van der Waals surface area contributed by atoms with Crippen LogP contribution in [0.4, 0.5) is 4.39 Å². The molecule has 0 aliphatic carbocycles. The summed E-state index contributed by atoms with van der Waals surface area (Å²) >= 11 is 0.